The third-order valence-electron chi connectivity index (χ3n) is 3.80. The molecule has 1 heterocycles. The van der Waals surface area contributed by atoms with Crippen molar-refractivity contribution in [2.75, 3.05) is 39.3 Å². The maximum atomic E-state index is 5.46. The van der Waals surface area contributed by atoms with Crippen molar-refractivity contribution in [2.24, 2.45) is 0 Å². The van der Waals surface area contributed by atoms with Gasteiger partial charge in [-0.2, -0.15) is 0 Å². The first-order chi connectivity index (χ1) is 8.61. The van der Waals surface area contributed by atoms with Crippen LogP contribution in [0.3, 0.4) is 0 Å². The molecule has 0 aromatic heterocycles. The second-order valence-corrected chi connectivity index (χ2v) is 5.02. The average Bonchev–Trinajstić information content (AvgIpc) is 2.81. The Balaban J connectivity index is 2.24. The highest BCUT2D eigenvalue weighted by atomic mass is 16.5. The van der Waals surface area contributed by atoms with Crippen LogP contribution in [-0.4, -0.2) is 39.9 Å². The quantitative estimate of drug-likeness (QED) is 0.885. The minimum absolute atomic E-state index is 0.185. The summed E-state index contributed by atoms with van der Waals surface area (Å²) in [4.78, 5) is 2.36. The van der Waals surface area contributed by atoms with Gasteiger partial charge in [0.15, 0.2) is 0 Å². The summed E-state index contributed by atoms with van der Waals surface area (Å²) in [6.07, 6.45) is 1.14. The Morgan fingerprint density at radius 2 is 2.06 bits per heavy atom. The summed E-state index contributed by atoms with van der Waals surface area (Å²) >= 11 is 0. The molecule has 1 saturated heterocycles. The van der Waals surface area contributed by atoms with Crippen LogP contribution in [0.25, 0.3) is 0 Å². The monoisotopic (exact) mass is 250 g/mol. The Hall–Kier alpha value is -1.42. The van der Waals surface area contributed by atoms with Crippen molar-refractivity contribution in [1.82, 2.24) is 5.32 Å². The van der Waals surface area contributed by atoms with Crippen LogP contribution in [0.2, 0.25) is 0 Å². The normalized spacial score (nSPS) is 23.2. The van der Waals surface area contributed by atoms with E-state index in [2.05, 4.69) is 23.2 Å². The van der Waals surface area contributed by atoms with Crippen molar-refractivity contribution < 1.29 is 9.47 Å². The lowest BCUT2D eigenvalue weighted by Crippen LogP contribution is -2.42. The number of hydrogen-bond acceptors (Lipinski definition) is 4. The number of nitrogens with one attached hydrogen (secondary N) is 1. The minimum Gasteiger partial charge on any atom is -0.497 e. The fourth-order valence-corrected chi connectivity index (χ4v) is 2.42. The molecule has 1 N–H and O–H groups in total. The summed E-state index contributed by atoms with van der Waals surface area (Å²) in [7, 11) is 5.39. The van der Waals surface area contributed by atoms with E-state index in [4.69, 9.17) is 9.47 Å². The van der Waals surface area contributed by atoms with E-state index in [1.54, 1.807) is 14.2 Å². The number of methoxy groups -OCH3 is 2. The van der Waals surface area contributed by atoms with Crippen LogP contribution in [0, 0.1) is 0 Å². The van der Waals surface area contributed by atoms with Gasteiger partial charge in [-0.05, 0) is 32.5 Å². The van der Waals surface area contributed by atoms with Gasteiger partial charge >= 0.3 is 0 Å². The fraction of sp³-hybridized carbons (Fsp3) is 0.571. The van der Waals surface area contributed by atoms with Gasteiger partial charge in [-0.25, -0.2) is 0 Å². The number of nitrogens with zero attached hydrogens (tertiary/aromatic N) is 1. The van der Waals surface area contributed by atoms with Crippen molar-refractivity contribution in [1.29, 1.82) is 0 Å². The van der Waals surface area contributed by atoms with Crippen molar-refractivity contribution in [3.63, 3.8) is 0 Å². The first kappa shape index (κ1) is 13.0. The van der Waals surface area contributed by atoms with Crippen LogP contribution in [0.15, 0.2) is 18.2 Å². The lowest BCUT2D eigenvalue weighted by molar-refractivity contribution is 0.394. The van der Waals surface area contributed by atoms with Crippen LogP contribution in [0.4, 0.5) is 5.69 Å². The third kappa shape index (κ3) is 2.38. The molecule has 100 valence electrons. The first-order valence-corrected chi connectivity index (χ1v) is 6.28. The highest BCUT2D eigenvalue weighted by Crippen LogP contribution is 2.35. The molecule has 2 rings (SSSR count). The molecule has 1 aromatic carbocycles. The first-order valence-electron chi connectivity index (χ1n) is 6.28. The molecule has 0 radical (unpaired) electrons. The standard InChI is InChI=1S/C14H22N2O2/c1-14(15-2)7-8-16(10-14)12-6-5-11(17-3)9-13(12)18-4/h5-6,9,15H,7-8,10H2,1-4H3. The van der Waals surface area contributed by atoms with Gasteiger partial charge in [-0.1, -0.05) is 0 Å². The van der Waals surface area contributed by atoms with Crippen LogP contribution < -0.4 is 19.7 Å². The topological polar surface area (TPSA) is 33.7 Å². The Morgan fingerprint density at radius 1 is 1.28 bits per heavy atom. The third-order valence-corrected chi connectivity index (χ3v) is 3.80. The maximum absolute atomic E-state index is 5.46. The molecule has 0 aliphatic carbocycles. The molecule has 4 heteroatoms. The summed E-state index contributed by atoms with van der Waals surface area (Å²) in [6.45, 7) is 4.29. The van der Waals surface area contributed by atoms with Crippen LogP contribution in [0.5, 0.6) is 11.5 Å². The Kier molecular flexibility index (Phi) is 3.66. The lowest BCUT2D eigenvalue weighted by Gasteiger charge is -2.26. The van der Waals surface area contributed by atoms with Crippen molar-refractivity contribution in [3.8, 4) is 11.5 Å². The number of hydrogen-bond donors (Lipinski definition) is 1. The van der Waals surface area contributed by atoms with Gasteiger partial charge in [0.1, 0.15) is 11.5 Å². The molecule has 0 bridgehead atoms. The van der Waals surface area contributed by atoms with Crippen molar-refractivity contribution >= 4 is 5.69 Å². The van der Waals surface area contributed by atoms with Gasteiger partial charge in [0.25, 0.3) is 0 Å². The van der Waals surface area contributed by atoms with E-state index < -0.39 is 0 Å². The molecule has 0 amide bonds. The molecule has 4 nitrogen and oxygen atoms in total. The molecular weight excluding hydrogens is 228 g/mol. The van der Waals surface area contributed by atoms with E-state index >= 15 is 0 Å². The Labute approximate surface area is 109 Å². The van der Waals surface area contributed by atoms with Gasteiger partial charge in [0.05, 0.1) is 19.9 Å². The molecular formula is C14H22N2O2. The predicted molar refractivity (Wildman–Crippen MR) is 73.8 cm³/mol. The average molecular weight is 250 g/mol. The number of likely N-dealkylation sites (N-methyl/N-ethyl adjacent to an activating group) is 1. The summed E-state index contributed by atoms with van der Waals surface area (Å²) in [6, 6.07) is 5.98. The molecule has 0 spiro atoms. The Morgan fingerprint density at radius 3 is 2.61 bits per heavy atom. The SMILES string of the molecule is CNC1(C)CCN(c2ccc(OC)cc2OC)C1. The van der Waals surface area contributed by atoms with Gasteiger partial charge in [0.2, 0.25) is 0 Å². The van der Waals surface area contributed by atoms with E-state index in [-0.39, 0.29) is 5.54 Å². The van der Waals surface area contributed by atoms with E-state index in [1.165, 1.54) is 0 Å². The zero-order chi connectivity index (χ0) is 13.2. The van der Waals surface area contributed by atoms with Crippen molar-refractivity contribution in [3.05, 3.63) is 18.2 Å². The molecule has 1 aromatic rings. The van der Waals surface area contributed by atoms with Crippen LogP contribution >= 0.6 is 0 Å². The number of benzene rings is 1. The largest absolute Gasteiger partial charge is 0.497 e. The number of anilines is 1. The summed E-state index contributed by atoms with van der Waals surface area (Å²) < 4.78 is 10.7. The summed E-state index contributed by atoms with van der Waals surface area (Å²) in [5, 5.41) is 3.39. The molecule has 1 aliphatic heterocycles. The molecule has 1 unspecified atom stereocenters. The summed E-state index contributed by atoms with van der Waals surface area (Å²) in [5.41, 5.74) is 1.32. The van der Waals surface area contributed by atoms with Crippen molar-refractivity contribution in [2.45, 2.75) is 18.9 Å². The summed E-state index contributed by atoms with van der Waals surface area (Å²) in [5.74, 6) is 1.70. The van der Waals surface area contributed by atoms with E-state index in [0.717, 1.165) is 36.7 Å². The van der Waals surface area contributed by atoms with Gasteiger partial charge in [-0.15, -0.1) is 0 Å². The minimum atomic E-state index is 0.185. The second kappa shape index (κ2) is 5.06. The number of ether oxygens (including phenoxy) is 2. The van der Waals surface area contributed by atoms with Gasteiger partial charge < -0.3 is 19.7 Å². The Bertz CT molecular complexity index is 422. The van der Waals surface area contributed by atoms with E-state index in [9.17, 15) is 0 Å². The highest BCUT2D eigenvalue weighted by Gasteiger charge is 2.33. The lowest BCUT2D eigenvalue weighted by atomic mass is 10.0. The maximum Gasteiger partial charge on any atom is 0.145 e. The zero-order valence-corrected chi connectivity index (χ0v) is 11.6. The van der Waals surface area contributed by atoms with Crippen LogP contribution in [0.1, 0.15) is 13.3 Å². The fourth-order valence-electron chi connectivity index (χ4n) is 2.42. The second-order valence-electron chi connectivity index (χ2n) is 5.02. The van der Waals surface area contributed by atoms with Gasteiger partial charge in [0, 0.05) is 24.7 Å². The highest BCUT2D eigenvalue weighted by molar-refractivity contribution is 5.62. The molecule has 1 aliphatic rings. The van der Waals surface area contributed by atoms with E-state index in [1.807, 2.05) is 19.2 Å². The number of rotatable bonds is 4. The molecule has 18 heavy (non-hydrogen) atoms. The smallest absolute Gasteiger partial charge is 0.145 e. The predicted octanol–water partition coefficient (Wildman–Crippen LogP) is 1.89. The van der Waals surface area contributed by atoms with Crippen LogP contribution in [-0.2, 0) is 0 Å². The molecule has 1 fully saturated rings. The van der Waals surface area contributed by atoms with E-state index in [0.29, 0.717) is 0 Å². The van der Waals surface area contributed by atoms with Gasteiger partial charge in [-0.3, -0.25) is 0 Å². The zero-order valence-electron chi connectivity index (χ0n) is 11.6. The molecule has 1 atom stereocenters. The molecule has 0 saturated carbocycles.